The van der Waals surface area contributed by atoms with Crippen LogP contribution in [0.15, 0.2) is 11.1 Å². The molecule has 0 aromatic carbocycles. The van der Waals surface area contributed by atoms with E-state index in [1.54, 1.807) is 0 Å². The van der Waals surface area contributed by atoms with Gasteiger partial charge >= 0.3 is 11.9 Å². The second-order valence-electron chi connectivity index (χ2n) is 2.33. The van der Waals surface area contributed by atoms with Gasteiger partial charge in [-0.2, -0.15) is 0 Å². The Morgan fingerprint density at radius 1 is 0.929 bits per heavy atom. The summed E-state index contributed by atoms with van der Waals surface area (Å²) in [5.41, 5.74) is -0.670. The minimum absolute atomic E-state index is 0.251. The Labute approximate surface area is 81.2 Å². The maximum atomic E-state index is 10.6. The maximum Gasteiger partial charge on any atom is 0.333 e. The molecule has 4 heteroatoms. The van der Waals surface area contributed by atoms with Crippen molar-refractivity contribution in [3.8, 4) is 24.7 Å². The third-order valence-electron chi connectivity index (χ3n) is 1.44. The van der Waals surface area contributed by atoms with Gasteiger partial charge in [-0.25, -0.2) is 9.59 Å². The SMILES string of the molecule is C#CC/C(C(=O)O)=C(\CC#C)C(=O)O. The summed E-state index contributed by atoms with van der Waals surface area (Å²) in [7, 11) is 0. The van der Waals surface area contributed by atoms with Gasteiger partial charge in [0.2, 0.25) is 0 Å². The number of hydrogen-bond donors (Lipinski definition) is 2. The fraction of sp³-hybridized carbons (Fsp3) is 0.200. The van der Waals surface area contributed by atoms with E-state index in [-0.39, 0.29) is 24.0 Å². The van der Waals surface area contributed by atoms with Crippen LogP contribution in [-0.4, -0.2) is 22.2 Å². The minimum Gasteiger partial charge on any atom is -0.478 e. The summed E-state index contributed by atoms with van der Waals surface area (Å²) in [5.74, 6) is 1.44. The molecular weight excluding hydrogens is 184 g/mol. The van der Waals surface area contributed by atoms with Crippen LogP contribution >= 0.6 is 0 Å². The first-order valence-corrected chi connectivity index (χ1v) is 3.60. The van der Waals surface area contributed by atoms with Crippen molar-refractivity contribution in [1.29, 1.82) is 0 Å². The molecule has 0 fully saturated rings. The molecule has 0 saturated carbocycles. The summed E-state index contributed by atoms with van der Waals surface area (Å²) < 4.78 is 0. The highest BCUT2D eigenvalue weighted by atomic mass is 16.4. The first-order chi connectivity index (χ1) is 6.54. The summed E-state index contributed by atoms with van der Waals surface area (Å²) in [6.07, 6.45) is 9.32. The van der Waals surface area contributed by atoms with Crippen LogP contribution in [0.1, 0.15) is 12.8 Å². The molecule has 0 aliphatic heterocycles. The standard InChI is InChI=1S/C10H8O4/c1-3-5-7(9(11)12)8(6-4-2)10(13)14/h1-2H,5-6H2,(H,11,12)(H,13,14)/b8-7-. The van der Waals surface area contributed by atoms with Gasteiger partial charge in [0.15, 0.2) is 0 Å². The van der Waals surface area contributed by atoms with E-state index < -0.39 is 11.9 Å². The predicted octanol–water partition coefficient (Wildman–Crippen LogP) is 0.499. The van der Waals surface area contributed by atoms with Crippen molar-refractivity contribution in [3.05, 3.63) is 11.1 Å². The normalized spacial score (nSPS) is 10.7. The first-order valence-electron chi connectivity index (χ1n) is 3.60. The molecule has 0 aliphatic rings. The molecule has 0 amide bonds. The Balaban J connectivity index is 5.30. The lowest BCUT2D eigenvalue weighted by Crippen LogP contribution is -2.11. The molecule has 0 atom stereocenters. The number of carboxylic acid groups (broad SMARTS) is 2. The summed E-state index contributed by atoms with van der Waals surface area (Å²) >= 11 is 0. The number of aliphatic carboxylic acids is 2. The van der Waals surface area contributed by atoms with Gasteiger partial charge < -0.3 is 10.2 Å². The summed E-state index contributed by atoms with van der Waals surface area (Å²) in [6.45, 7) is 0. The number of terminal acetylenes is 2. The van der Waals surface area contributed by atoms with Crippen LogP contribution in [0.5, 0.6) is 0 Å². The highest BCUT2D eigenvalue weighted by Gasteiger charge is 2.18. The molecule has 0 heterocycles. The van der Waals surface area contributed by atoms with Crippen molar-refractivity contribution in [1.82, 2.24) is 0 Å². The minimum atomic E-state index is -1.35. The van der Waals surface area contributed by atoms with Crippen LogP contribution < -0.4 is 0 Å². The van der Waals surface area contributed by atoms with Gasteiger partial charge in [-0.05, 0) is 0 Å². The fourth-order valence-corrected chi connectivity index (χ4v) is 0.827. The van der Waals surface area contributed by atoms with Crippen molar-refractivity contribution in [3.63, 3.8) is 0 Å². The molecular formula is C10H8O4. The lowest BCUT2D eigenvalue weighted by Gasteiger charge is -2.02. The van der Waals surface area contributed by atoms with Gasteiger partial charge in [-0.15, -0.1) is 24.7 Å². The van der Waals surface area contributed by atoms with Crippen LogP contribution in [0.25, 0.3) is 0 Å². The van der Waals surface area contributed by atoms with E-state index >= 15 is 0 Å². The van der Waals surface area contributed by atoms with Crippen LogP contribution in [0, 0.1) is 24.7 Å². The molecule has 4 nitrogen and oxygen atoms in total. The molecule has 0 spiro atoms. The Kier molecular flexibility index (Phi) is 4.59. The second kappa shape index (κ2) is 5.45. The van der Waals surface area contributed by atoms with Gasteiger partial charge in [0.05, 0.1) is 11.1 Å². The van der Waals surface area contributed by atoms with Gasteiger partial charge in [-0.1, -0.05) is 0 Å². The molecule has 0 aromatic rings. The van der Waals surface area contributed by atoms with Crippen LogP contribution in [0.3, 0.4) is 0 Å². The third kappa shape index (κ3) is 3.04. The first kappa shape index (κ1) is 11.8. The van der Waals surface area contributed by atoms with Crippen molar-refractivity contribution < 1.29 is 19.8 Å². The summed E-state index contributed by atoms with van der Waals surface area (Å²) in [6, 6.07) is 0. The Morgan fingerprint density at radius 3 is 1.36 bits per heavy atom. The van der Waals surface area contributed by atoms with Crippen LogP contribution in [0.2, 0.25) is 0 Å². The summed E-state index contributed by atoms with van der Waals surface area (Å²) in [5, 5.41) is 17.3. The molecule has 0 saturated heterocycles. The third-order valence-corrected chi connectivity index (χ3v) is 1.44. The topological polar surface area (TPSA) is 74.6 Å². The monoisotopic (exact) mass is 192 g/mol. The molecule has 14 heavy (non-hydrogen) atoms. The predicted molar refractivity (Wildman–Crippen MR) is 49.2 cm³/mol. The molecule has 0 bridgehead atoms. The Bertz CT molecular complexity index is 327. The van der Waals surface area contributed by atoms with Crippen molar-refractivity contribution in [2.45, 2.75) is 12.8 Å². The highest BCUT2D eigenvalue weighted by Crippen LogP contribution is 2.12. The molecule has 0 aromatic heterocycles. The van der Waals surface area contributed by atoms with E-state index in [1.165, 1.54) is 0 Å². The van der Waals surface area contributed by atoms with Gasteiger partial charge in [0.1, 0.15) is 0 Å². The average molecular weight is 192 g/mol. The van der Waals surface area contributed by atoms with Gasteiger partial charge in [-0.3, -0.25) is 0 Å². The highest BCUT2D eigenvalue weighted by molar-refractivity contribution is 5.99. The maximum absolute atomic E-state index is 10.6. The van der Waals surface area contributed by atoms with Crippen LogP contribution in [-0.2, 0) is 9.59 Å². The molecule has 0 radical (unpaired) electrons. The number of rotatable bonds is 4. The van der Waals surface area contributed by atoms with E-state index in [9.17, 15) is 9.59 Å². The largest absolute Gasteiger partial charge is 0.478 e. The second-order valence-corrected chi connectivity index (χ2v) is 2.33. The Morgan fingerprint density at radius 2 is 1.21 bits per heavy atom. The number of carboxylic acids is 2. The number of carbonyl (C=O) groups is 2. The lowest BCUT2D eigenvalue weighted by atomic mass is 10.0. The zero-order valence-corrected chi connectivity index (χ0v) is 7.28. The molecule has 0 unspecified atom stereocenters. The van der Waals surface area contributed by atoms with Crippen molar-refractivity contribution in [2.24, 2.45) is 0 Å². The van der Waals surface area contributed by atoms with Crippen LogP contribution in [0.4, 0.5) is 0 Å². The Hall–Kier alpha value is -2.20. The molecule has 0 rings (SSSR count). The van der Waals surface area contributed by atoms with E-state index in [1.807, 2.05) is 0 Å². The average Bonchev–Trinajstić information content (AvgIpc) is 2.10. The number of hydrogen-bond acceptors (Lipinski definition) is 2. The zero-order valence-electron chi connectivity index (χ0n) is 7.28. The molecule has 72 valence electrons. The van der Waals surface area contributed by atoms with Crippen molar-refractivity contribution >= 4 is 11.9 Å². The van der Waals surface area contributed by atoms with Crippen molar-refractivity contribution in [2.75, 3.05) is 0 Å². The molecule has 0 aliphatic carbocycles. The summed E-state index contributed by atoms with van der Waals surface area (Å²) in [4.78, 5) is 21.2. The quantitative estimate of drug-likeness (QED) is 0.502. The van der Waals surface area contributed by atoms with E-state index in [2.05, 4.69) is 11.8 Å². The van der Waals surface area contributed by atoms with E-state index in [0.717, 1.165) is 0 Å². The fourth-order valence-electron chi connectivity index (χ4n) is 0.827. The lowest BCUT2D eigenvalue weighted by molar-refractivity contribution is -0.136. The van der Waals surface area contributed by atoms with Gasteiger partial charge in [0, 0.05) is 12.8 Å². The molecule has 2 N–H and O–H groups in total. The van der Waals surface area contributed by atoms with E-state index in [0.29, 0.717) is 0 Å². The zero-order chi connectivity index (χ0) is 11.1. The van der Waals surface area contributed by atoms with E-state index in [4.69, 9.17) is 23.1 Å². The van der Waals surface area contributed by atoms with Gasteiger partial charge in [0.25, 0.3) is 0 Å². The smallest absolute Gasteiger partial charge is 0.333 e.